The third kappa shape index (κ3) is 5.24. The highest BCUT2D eigenvalue weighted by Gasteiger charge is 2.04. The van der Waals surface area contributed by atoms with Crippen LogP contribution >= 0.6 is 23.4 Å². The summed E-state index contributed by atoms with van der Waals surface area (Å²) >= 11 is 7.52. The number of thioether (sulfide) groups is 1. The molecule has 7 heteroatoms. The molecule has 1 heterocycles. The minimum Gasteiger partial charge on any atom is -0.350 e. The zero-order chi connectivity index (χ0) is 15.1. The molecule has 0 unspecified atom stereocenters. The summed E-state index contributed by atoms with van der Waals surface area (Å²) in [4.78, 5) is 29.1. The molecule has 0 aliphatic heterocycles. The van der Waals surface area contributed by atoms with Gasteiger partial charge in [-0.25, -0.2) is 4.98 Å². The lowest BCUT2D eigenvalue weighted by Crippen LogP contribution is -2.25. The number of nitrogens with one attached hydrogen (secondary N) is 2. The Morgan fingerprint density at radius 1 is 1.38 bits per heavy atom. The zero-order valence-electron chi connectivity index (χ0n) is 11.1. The van der Waals surface area contributed by atoms with Gasteiger partial charge in [-0.3, -0.25) is 9.59 Å². The first-order valence-corrected chi connectivity index (χ1v) is 7.80. The van der Waals surface area contributed by atoms with Crippen LogP contribution in [-0.2, 0) is 17.1 Å². The molecule has 1 aromatic heterocycles. The van der Waals surface area contributed by atoms with E-state index >= 15 is 0 Å². The van der Waals surface area contributed by atoms with Gasteiger partial charge in [0.05, 0.1) is 24.3 Å². The van der Waals surface area contributed by atoms with E-state index in [-0.39, 0.29) is 18.0 Å². The van der Waals surface area contributed by atoms with E-state index in [1.807, 2.05) is 24.3 Å². The maximum absolute atomic E-state index is 11.7. The van der Waals surface area contributed by atoms with E-state index in [2.05, 4.69) is 15.3 Å². The lowest BCUT2D eigenvalue weighted by Gasteiger charge is -2.05. The third-order valence-electron chi connectivity index (χ3n) is 2.65. The summed E-state index contributed by atoms with van der Waals surface area (Å²) in [5.41, 5.74) is 1.30. The first kappa shape index (κ1) is 15.6. The van der Waals surface area contributed by atoms with Gasteiger partial charge < -0.3 is 10.3 Å². The van der Waals surface area contributed by atoms with Crippen LogP contribution in [-0.4, -0.2) is 21.6 Å². The molecular weight excluding hydrogens is 310 g/mol. The molecule has 110 valence electrons. The standard InChI is InChI=1S/C14H14ClN3O2S/c15-12-4-2-1-3-10(12)7-21-8-14(20)16-6-11-5-13(19)18-9-17-11/h1-5,9H,6-8H2,(H,16,20)(H,17,18,19). The van der Waals surface area contributed by atoms with Gasteiger partial charge in [0.1, 0.15) is 0 Å². The highest BCUT2D eigenvalue weighted by atomic mass is 35.5. The van der Waals surface area contributed by atoms with E-state index in [4.69, 9.17) is 11.6 Å². The summed E-state index contributed by atoms with van der Waals surface area (Å²) < 4.78 is 0. The summed E-state index contributed by atoms with van der Waals surface area (Å²) in [6.45, 7) is 0.245. The zero-order valence-corrected chi connectivity index (χ0v) is 12.7. The molecule has 21 heavy (non-hydrogen) atoms. The second-order valence-electron chi connectivity index (χ2n) is 4.26. The Kier molecular flexibility index (Phi) is 5.83. The summed E-state index contributed by atoms with van der Waals surface area (Å²) in [6.07, 6.45) is 1.32. The number of aromatic amines is 1. The third-order valence-corrected chi connectivity index (χ3v) is 4.00. The number of halogens is 1. The Morgan fingerprint density at radius 3 is 2.95 bits per heavy atom. The summed E-state index contributed by atoms with van der Waals surface area (Å²) in [6, 6.07) is 8.92. The molecule has 2 rings (SSSR count). The van der Waals surface area contributed by atoms with Crippen molar-refractivity contribution in [1.29, 1.82) is 0 Å². The maximum Gasteiger partial charge on any atom is 0.250 e. The molecule has 2 N–H and O–H groups in total. The van der Waals surface area contributed by atoms with Crippen LogP contribution in [0.1, 0.15) is 11.3 Å². The Hall–Kier alpha value is -1.79. The average Bonchev–Trinajstić information content (AvgIpc) is 2.47. The van der Waals surface area contributed by atoms with Crippen molar-refractivity contribution in [1.82, 2.24) is 15.3 Å². The number of H-pyrrole nitrogens is 1. The predicted octanol–water partition coefficient (Wildman–Crippen LogP) is 1.97. The molecule has 1 amide bonds. The van der Waals surface area contributed by atoms with Gasteiger partial charge in [0.25, 0.3) is 5.56 Å². The van der Waals surface area contributed by atoms with Crippen LogP contribution in [0.5, 0.6) is 0 Å². The Morgan fingerprint density at radius 2 is 2.19 bits per heavy atom. The lowest BCUT2D eigenvalue weighted by molar-refractivity contribution is -0.118. The van der Waals surface area contributed by atoms with Crippen LogP contribution in [0, 0.1) is 0 Å². The molecular formula is C14H14ClN3O2S. The number of hydrogen-bond donors (Lipinski definition) is 2. The molecule has 0 aliphatic carbocycles. The van der Waals surface area contributed by atoms with Crippen molar-refractivity contribution in [3.63, 3.8) is 0 Å². The van der Waals surface area contributed by atoms with Crippen molar-refractivity contribution in [2.75, 3.05) is 5.75 Å². The van der Waals surface area contributed by atoms with Gasteiger partial charge in [-0.15, -0.1) is 11.8 Å². The van der Waals surface area contributed by atoms with E-state index < -0.39 is 0 Å². The van der Waals surface area contributed by atoms with Crippen molar-refractivity contribution >= 4 is 29.3 Å². The van der Waals surface area contributed by atoms with Gasteiger partial charge in [0.15, 0.2) is 0 Å². The SMILES string of the molecule is O=C(CSCc1ccccc1Cl)NCc1cc(=O)[nH]cn1. The van der Waals surface area contributed by atoms with Gasteiger partial charge in [-0.05, 0) is 11.6 Å². The van der Waals surface area contributed by atoms with Crippen LogP contribution in [0.15, 0.2) is 41.5 Å². The molecule has 2 aromatic rings. The monoisotopic (exact) mass is 323 g/mol. The molecule has 1 aromatic carbocycles. The smallest absolute Gasteiger partial charge is 0.250 e. The normalized spacial score (nSPS) is 10.3. The molecule has 0 bridgehead atoms. The molecule has 5 nitrogen and oxygen atoms in total. The molecule has 0 aliphatic rings. The summed E-state index contributed by atoms with van der Waals surface area (Å²) in [7, 11) is 0. The minimum absolute atomic E-state index is 0.103. The minimum atomic E-state index is -0.234. The number of benzene rings is 1. The van der Waals surface area contributed by atoms with Crippen LogP contribution in [0.3, 0.4) is 0 Å². The number of hydrogen-bond acceptors (Lipinski definition) is 4. The largest absolute Gasteiger partial charge is 0.350 e. The molecule has 0 radical (unpaired) electrons. The summed E-state index contributed by atoms with van der Waals surface area (Å²) in [5, 5.41) is 3.43. The first-order valence-electron chi connectivity index (χ1n) is 6.26. The fraction of sp³-hybridized carbons (Fsp3) is 0.214. The molecule has 0 fully saturated rings. The molecule has 0 atom stereocenters. The molecule has 0 spiro atoms. The van der Waals surface area contributed by atoms with Gasteiger partial charge in [0, 0.05) is 16.8 Å². The van der Waals surface area contributed by atoms with Crippen LogP contribution in [0.2, 0.25) is 5.02 Å². The lowest BCUT2D eigenvalue weighted by atomic mass is 10.2. The van der Waals surface area contributed by atoms with Gasteiger partial charge in [0.2, 0.25) is 5.91 Å². The number of carbonyl (C=O) groups excluding carboxylic acids is 1. The Bertz CT molecular complexity index is 675. The van der Waals surface area contributed by atoms with Crippen LogP contribution in [0.4, 0.5) is 0 Å². The fourth-order valence-electron chi connectivity index (χ4n) is 1.62. The molecule has 0 saturated heterocycles. The van der Waals surface area contributed by atoms with Crippen molar-refractivity contribution in [2.24, 2.45) is 0 Å². The second-order valence-corrected chi connectivity index (χ2v) is 5.66. The van der Waals surface area contributed by atoms with Gasteiger partial charge in [-0.1, -0.05) is 29.8 Å². The highest BCUT2D eigenvalue weighted by molar-refractivity contribution is 7.99. The number of rotatable bonds is 6. The van der Waals surface area contributed by atoms with Crippen LogP contribution < -0.4 is 10.9 Å². The summed E-state index contributed by atoms with van der Waals surface area (Å²) in [5.74, 6) is 0.902. The van der Waals surface area contributed by atoms with E-state index in [0.29, 0.717) is 22.2 Å². The van der Waals surface area contributed by atoms with Crippen molar-refractivity contribution in [3.8, 4) is 0 Å². The van der Waals surface area contributed by atoms with Crippen molar-refractivity contribution in [3.05, 3.63) is 63.3 Å². The number of nitrogens with zero attached hydrogens (tertiary/aromatic N) is 1. The van der Waals surface area contributed by atoms with Gasteiger partial charge in [-0.2, -0.15) is 0 Å². The van der Waals surface area contributed by atoms with E-state index in [9.17, 15) is 9.59 Å². The topological polar surface area (TPSA) is 74.8 Å². The number of carbonyl (C=O) groups is 1. The highest BCUT2D eigenvalue weighted by Crippen LogP contribution is 2.20. The van der Waals surface area contributed by atoms with E-state index in [1.54, 1.807) is 0 Å². The number of aromatic nitrogens is 2. The van der Waals surface area contributed by atoms with E-state index in [0.717, 1.165) is 5.56 Å². The Balaban J connectivity index is 1.73. The molecule has 0 saturated carbocycles. The van der Waals surface area contributed by atoms with Crippen LogP contribution in [0.25, 0.3) is 0 Å². The predicted molar refractivity (Wildman–Crippen MR) is 84.3 cm³/mol. The van der Waals surface area contributed by atoms with Crippen molar-refractivity contribution < 1.29 is 4.79 Å². The van der Waals surface area contributed by atoms with Crippen molar-refractivity contribution in [2.45, 2.75) is 12.3 Å². The first-order chi connectivity index (χ1) is 10.1. The van der Waals surface area contributed by atoms with E-state index in [1.165, 1.54) is 24.2 Å². The maximum atomic E-state index is 11.7. The fourth-order valence-corrected chi connectivity index (χ4v) is 2.76. The van der Waals surface area contributed by atoms with Gasteiger partial charge >= 0.3 is 0 Å². The Labute approximate surface area is 131 Å². The average molecular weight is 324 g/mol. The quantitative estimate of drug-likeness (QED) is 0.852. The number of amides is 1. The second kappa shape index (κ2) is 7.85.